The lowest BCUT2D eigenvalue weighted by Gasteiger charge is -2.05. The molecule has 0 spiro atoms. The van der Waals surface area contributed by atoms with Crippen LogP contribution < -0.4 is 5.32 Å². The summed E-state index contributed by atoms with van der Waals surface area (Å²) in [6.07, 6.45) is 0. The minimum absolute atomic E-state index is 0.185. The van der Waals surface area contributed by atoms with E-state index >= 15 is 0 Å². The summed E-state index contributed by atoms with van der Waals surface area (Å²) in [6.45, 7) is 2.16. The summed E-state index contributed by atoms with van der Waals surface area (Å²) < 4.78 is 4.67. The Morgan fingerprint density at radius 1 is 1.19 bits per heavy atom. The van der Waals surface area contributed by atoms with Crippen LogP contribution >= 0.6 is 22.9 Å². The van der Waals surface area contributed by atoms with Gasteiger partial charge in [0, 0.05) is 17.1 Å². The Bertz CT molecular complexity index is 983. The Hall–Kier alpha value is -2.70. The van der Waals surface area contributed by atoms with Gasteiger partial charge < -0.3 is 10.1 Å². The first kappa shape index (κ1) is 19.1. The zero-order valence-electron chi connectivity index (χ0n) is 14.8. The summed E-state index contributed by atoms with van der Waals surface area (Å²) >= 11 is 7.36. The number of rotatable bonds is 5. The van der Waals surface area contributed by atoms with E-state index in [0.29, 0.717) is 27.7 Å². The first-order valence-electron chi connectivity index (χ1n) is 8.16. The SMILES string of the molecule is COC(=O)c1ccc(CNC(=O)c2sc(-c3cccc(Cl)c3)nc2C)cc1. The highest BCUT2D eigenvalue weighted by atomic mass is 35.5. The van der Waals surface area contributed by atoms with E-state index in [1.165, 1.54) is 18.4 Å². The second kappa shape index (κ2) is 8.33. The van der Waals surface area contributed by atoms with Crippen molar-refractivity contribution in [3.8, 4) is 10.6 Å². The molecule has 0 radical (unpaired) electrons. The van der Waals surface area contributed by atoms with Crippen LogP contribution in [0.2, 0.25) is 5.02 Å². The first-order valence-corrected chi connectivity index (χ1v) is 9.36. The zero-order chi connectivity index (χ0) is 19.4. The molecule has 1 N–H and O–H groups in total. The molecule has 7 heteroatoms. The lowest BCUT2D eigenvalue weighted by Crippen LogP contribution is -2.22. The summed E-state index contributed by atoms with van der Waals surface area (Å²) in [5.41, 5.74) is 2.91. The van der Waals surface area contributed by atoms with Crippen LogP contribution in [-0.2, 0) is 11.3 Å². The first-order chi connectivity index (χ1) is 13.0. The molecule has 0 bridgehead atoms. The number of esters is 1. The molecular formula is C20H17ClN2O3S. The van der Waals surface area contributed by atoms with E-state index in [-0.39, 0.29) is 11.9 Å². The Balaban J connectivity index is 1.69. The second-order valence-corrected chi connectivity index (χ2v) is 7.25. The number of aryl methyl sites for hydroxylation is 1. The molecule has 1 amide bonds. The number of hydrogen-bond acceptors (Lipinski definition) is 5. The number of carbonyl (C=O) groups is 2. The summed E-state index contributed by atoms with van der Waals surface area (Å²) in [7, 11) is 1.34. The van der Waals surface area contributed by atoms with Crippen LogP contribution in [0.15, 0.2) is 48.5 Å². The van der Waals surface area contributed by atoms with Crippen molar-refractivity contribution in [3.05, 3.63) is 75.3 Å². The highest BCUT2D eigenvalue weighted by molar-refractivity contribution is 7.17. The smallest absolute Gasteiger partial charge is 0.337 e. The van der Waals surface area contributed by atoms with Gasteiger partial charge in [0.05, 0.1) is 18.4 Å². The molecule has 3 aromatic rings. The highest BCUT2D eigenvalue weighted by Crippen LogP contribution is 2.29. The minimum Gasteiger partial charge on any atom is -0.465 e. The van der Waals surface area contributed by atoms with Crippen molar-refractivity contribution in [2.45, 2.75) is 13.5 Å². The monoisotopic (exact) mass is 400 g/mol. The second-order valence-electron chi connectivity index (χ2n) is 5.82. The molecule has 0 aliphatic carbocycles. The van der Waals surface area contributed by atoms with Gasteiger partial charge in [-0.05, 0) is 36.8 Å². The standard InChI is InChI=1S/C20H17ClN2O3S/c1-12-17(27-19(23-12)15-4-3-5-16(21)10-15)18(24)22-11-13-6-8-14(9-7-13)20(25)26-2/h3-10H,11H2,1-2H3,(H,22,24). The predicted molar refractivity (Wildman–Crippen MR) is 106 cm³/mol. The lowest BCUT2D eigenvalue weighted by molar-refractivity contribution is 0.0600. The summed E-state index contributed by atoms with van der Waals surface area (Å²) in [6, 6.07) is 14.3. The van der Waals surface area contributed by atoms with E-state index in [2.05, 4.69) is 15.0 Å². The molecule has 0 unspecified atom stereocenters. The molecule has 0 saturated carbocycles. The molecule has 3 rings (SSSR count). The molecule has 1 heterocycles. The average Bonchev–Trinajstić information content (AvgIpc) is 3.08. The van der Waals surface area contributed by atoms with Crippen LogP contribution in [0.4, 0.5) is 0 Å². The van der Waals surface area contributed by atoms with E-state index in [1.807, 2.05) is 25.1 Å². The number of halogens is 1. The van der Waals surface area contributed by atoms with Gasteiger partial charge in [-0.2, -0.15) is 0 Å². The van der Waals surface area contributed by atoms with E-state index < -0.39 is 0 Å². The fourth-order valence-electron chi connectivity index (χ4n) is 2.49. The van der Waals surface area contributed by atoms with Gasteiger partial charge in [-0.15, -0.1) is 11.3 Å². The zero-order valence-corrected chi connectivity index (χ0v) is 16.4. The topological polar surface area (TPSA) is 68.3 Å². The summed E-state index contributed by atoms with van der Waals surface area (Å²) in [5.74, 6) is -0.574. The van der Waals surface area contributed by atoms with Gasteiger partial charge in [0.25, 0.3) is 5.91 Å². The maximum Gasteiger partial charge on any atom is 0.337 e. The number of hydrogen-bond donors (Lipinski definition) is 1. The molecule has 0 saturated heterocycles. The third-order valence-electron chi connectivity index (χ3n) is 3.90. The Labute approximate surface area is 166 Å². The van der Waals surface area contributed by atoms with Crippen molar-refractivity contribution in [2.75, 3.05) is 7.11 Å². The lowest BCUT2D eigenvalue weighted by atomic mass is 10.1. The fraction of sp³-hybridized carbons (Fsp3) is 0.150. The largest absolute Gasteiger partial charge is 0.465 e. The normalized spacial score (nSPS) is 10.5. The number of benzene rings is 2. The van der Waals surface area contributed by atoms with Crippen molar-refractivity contribution in [1.82, 2.24) is 10.3 Å². The van der Waals surface area contributed by atoms with Gasteiger partial charge >= 0.3 is 5.97 Å². The number of carbonyl (C=O) groups excluding carboxylic acids is 2. The number of aromatic nitrogens is 1. The van der Waals surface area contributed by atoms with Crippen LogP contribution in [0.25, 0.3) is 10.6 Å². The summed E-state index contributed by atoms with van der Waals surface area (Å²) in [5, 5.41) is 4.26. The molecule has 138 valence electrons. The maximum absolute atomic E-state index is 12.5. The highest BCUT2D eigenvalue weighted by Gasteiger charge is 2.16. The van der Waals surface area contributed by atoms with E-state index in [4.69, 9.17) is 11.6 Å². The molecule has 0 atom stereocenters. The summed E-state index contributed by atoms with van der Waals surface area (Å²) in [4.78, 5) is 29.0. The maximum atomic E-state index is 12.5. The minimum atomic E-state index is -0.389. The third kappa shape index (κ3) is 4.53. The van der Waals surface area contributed by atoms with Gasteiger partial charge in [0.2, 0.25) is 0 Å². The Morgan fingerprint density at radius 2 is 1.93 bits per heavy atom. The fourth-order valence-corrected chi connectivity index (χ4v) is 3.66. The molecule has 2 aromatic carbocycles. The number of nitrogens with zero attached hydrogens (tertiary/aromatic N) is 1. The van der Waals surface area contributed by atoms with Crippen molar-refractivity contribution in [1.29, 1.82) is 0 Å². The Kier molecular flexibility index (Phi) is 5.88. The predicted octanol–water partition coefficient (Wildman–Crippen LogP) is 4.49. The van der Waals surface area contributed by atoms with Crippen molar-refractivity contribution in [3.63, 3.8) is 0 Å². The van der Waals surface area contributed by atoms with Gasteiger partial charge in [-0.25, -0.2) is 9.78 Å². The molecule has 0 aliphatic rings. The molecule has 0 fully saturated rings. The van der Waals surface area contributed by atoms with Crippen molar-refractivity contribution in [2.24, 2.45) is 0 Å². The Morgan fingerprint density at radius 3 is 2.59 bits per heavy atom. The van der Waals surface area contributed by atoms with Crippen LogP contribution in [-0.4, -0.2) is 24.0 Å². The quantitative estimate of drug-likeness (QED) is 0.641. The number of nitrogens with one attached hydrogen (secondary N) is 1. The van der Waals surface area contributed by atoms with Crippen molar-refractivity contribution < 1.29 is 14.3 Å². The molecule has 0 aliphatic heterocycles. The van der Waals surface area contributed by atoms with Crippen LogP contribution in [0.5, 0.6) is 0 Å². The molecular weight excluding hydrogens is 384 g/mol. The third-order valence-corrected chi connectivity index (χ3v) is 5.34. The number of amides is 1. The van der Waals surface area contributed by atoms with Crippen LogP contribution in [0, 0.1) is 6.92 Å². The van der Waals surface area contributed by atoms with Crippen molar-refractivity contribution >= 4 is 34.8 Å². The molecule has 5 nitrogen and oxygen atoms in total. The van der Waals surface area contributed by atoms with Crippen LogP contribution in [0.1, 0.15) is 31.3 Å². The van der Waals surface area contributed by atoms with Gasteiger partial charge in [-0.1, -0.05) is 35.9 Å². The average molecular weight is 401 g/mol. The van der Waals surface area contributed by atoms with E-state index in [0.717, 1.165) is 16.1 Å². The molecule has 1 aromatic heterocycles. The molecule has 27 heavy (non-hydrogen) atoms. The van der Waals surface area contributed by atoms with E-state index in [9.17, 15) is 9.59 Å². The van der Waals surface area contributed by atoms with Crippen LogP contribution in [0.3, 0.4) is 0 Å². The van der Waals surface area contributed by atoms with Gasteiger partial charge in [0.1, 0.15) is 9.88 Å². The number of methoxy groups -OCH3 is 1. The number of thiazole rings is 1. The van der Waals surface area contributed by atoms with Gasteiger partial charge in [0.15, 0.2) is 0 Å². The number of ether oxygens (including phenoxy) is 1. The van der Waals surface area contributed by atoms with E-state index in [1.54, 1.807) is 30.3 Å². The van der Waals surface area contributed by atoms with Gasteiger partial charge in [-0.3, -0.25) is 4.79 Å².